The van der Waals surface area contributed by atoms with Crippen molar-refractivity contribution in [1.82, 2.24) is 0 Å². The van der Waals surface area contributed by atoms with Gasteiger partial charge in [0.15, 0.2) is 0 Å². The Kier molecular flexibility index (Phi) is 5.32. The number of aryl methyl sites for hydroxylation is 2. The van der Waals surface area contributed by atoms with Gasteiger partial charge in [0, 0.05) is 16.2 Å². The molecule has 0 saturated carbocycles. The molecule has 0 atom stereocenters. The molecule has 0 saturated heterocycles. The van der Waals surface area contributed by atoms with Crippen LogP contribution in [-0.2, 0) is 9.36 Å². The molecule has 0 N–H and O–H groups in total. The lowest BCUT2D eigenvalue weighted by atomic mass is 10.0. The highest BCUT2D eigenvalue weighted by Gasteiger charge is 2.37. The van der Waals surface area contributed by atoms with E-state index in [1.54, 1.807) is 74.5 Å². The molecule has 0 aliphatic heterocycles. The third-order valence-corrected chi connectivity index (χ3v) is 7.28. The monoisotopic (exact) mass is 375 g/mol. The third kappa shape index (κ3) is 3.46. The first kappa shape index (κ1) is 18.7. The van der Waals surface area contributed by atoms with Gasteiger partial charge in [-0.3, -0.25) is 4.79 Å². The molecule has 4 nitrogen and oxygen atoms in total. The molecular formula is C22H18NO3P. The van der Waals surface area contributed by atoms with Crippen molar-refractivity contribution >= 4 is 35.0 Å². The Morgan fingerprint density at radius 1 is 0.852 bits per heavy atom. The first-order valence-electron chi connectivity index (χ1n) is 8.43. The Morgan fingerprint density at radius 2 is 1.30 bits per heavy atom. The number of isocyanates is 1. The number of nitrogens with zero attached hydrogens (tertiary/aromatic N) is 1. The lowest BCUT2D eigenvalue weighted by Gasteiger charge is -2.20. The number of carbonyl (C=O) groups is 1. The zero-order valence-corrected chi connectivity index (χ0v) is 15.9. The summed E-state index contributed by atoms with van der Waals surface area (Å²) >= 11 is 0. The molecule has 0 radical (unpaired) electrons. The van der Waals surface area contributed by atoms with Crippen molar-refractivity contribution in [3.63, 3.8) is 0 Å². The number of aliphatic imine (C=N–C) groups is 1. The molecule has 0 heterocycles. The van der Waals surface area contributed by atoms with Crippen LogP contribution in [0.25, 0.3) is 0 Å². The highest BCUT2D eigenvalue weighted by molar-refractivity contribution is 7.93. The van der Waals surface area contributed by atoms with Crippen LogP contribution < -0.4 is 10.6 Å². The molecule has 3 aromatic rings. The molecule has 0 aromatic heterocycles. The quantitative estimate of drug-likeness (QED) is 0.377. The van der Waals surface area contributed by atoms with Crippen molar-refractivity contribution < 1.29 is 14.2 Å². The summed E-state index contributed by atoms with van der Waals surface area (Å²) in [5, 5.41) is 0.991. The lowest BCUT2D eigenvalue weighted by Crippen LogP contribution is -2.23. The topological polar surface area (TPSA) is 63.6 Å². The first-order valence-corrected chi connectivity index (χ1v) is 10.1. The average molecular weight is 375 g/mol. The highest BCUT2D eigenvalue weighted by atomic mass is 31.2. The smallest absolute Gasteiger partial charge is 0.240 e. The maximum absolute atomic E-state index is 14.2. The van der Waals surface area contributed by atoms with Gasteiger partial charge in [-0.05, 0) is 37.1 Å². The molecule has 134 valence electrons. The zero-order valence-electron chi connectivity index (χ0n) is 15.0. The summed E-state index contributed by atoms with van der Waals surface area (Å²) in [5.74, 6) is 0. The SMILES string of the molecule is Cc1cc(N=C=O)cc(C)c1C(=O)P(=O)(c1ccccc1)c1ccccc1. The lowest BCUT2D eigenvalue weighted by molar-refractivity contribution is 0.107. The maximum Gasteiger partial charge on any atom is 0.240 e. The van der Waals surface area contributed by atoms with Crippen LogP contribution in [0.5, 0.6) is 0 Å². The van der Waals surface area contributed by atoms with Crippen LogP contribution in [0.4, 0.5) is 5.69 Å². The summed E-state index contributed by atoms with van der Waals surface area (Å²) in [7, 11) is -3.57. The second-order valence-corrected chi connectivity index (χ2v) is 8.90. The van der Waals surface area contributed by atoms with Crippen LogP contribution >= 0.6 is 7.14 Å². The molecule has 27 heavy (non-hydrogen) atoms. The molecule has 3 aromatic carbocycles. The van der Waals surface area contributed by atoms with E-state index in [4.69, 9.17) is 0 Å². The predicted octanol–water partition coefficient (Wildman–Crippen LogP) is 4.43. The summed E-state index contributed by atoms with van der Waals surface area (Å²) in [6, 6.07) is 20.9. The maximum atomic E-state index is 14.2. The van der Waals surface area contributed by atoms with E-state index in [2.05, 4.69) is 4.99 Å². The summed E-state index contributed by atoms with van der Waals surface area (Å²) in [4.78, 5) is 27.8. The van der Waals surface area contributed by atoms with Crippen LogP contribution in [0.15, 0.2) is 77.8 Å². The van der Waals surface area contributed by atoms with Crippen molar-refractivity contribution in [2.24, 2.45) is 4.99 Å². The minimum Gasteiger partial charge on any atom is -0.305 e. The van der Waals surface area contributed by atoms with Crippen molar-refractivity contribution in [1.29, 1.82) is 0 Å². The minimum absolute atomic E-state index is 0.399. The molecule has 0 spiro atoms. The van der Waals surface area contributed by atoms with E-state index in [9.17, 15) is 14.2 Å². The standard InChI is InChI=1S/C22H18NO3P/c1-16-13-18(23-15-24)14-17(2)21(16)22(25)27(26,19-9-5-3-6-10-19)20-11-7-4-8-12-20/h3-14H,1-2H3. The molecule has 5 heteroatoms. The Labute approximate surface area is 158 Å². The van der Waals surface area contributed by atoms with Gasteiger partial charge in [-0.15, -0.1) is 0 Å². The van der Waals surface area contributed by atoms with Gasteiger partial charge in [-0.2, -0.15) is 4.99 Å². The number of hydrogen-bond acceptors (Lipinski definition) is 4. The molecule has 0 unspecified atom stereocenters. The van der Waals surface area contributed by atoms with Crippen LogP contribution in [0.3, 0.4) is 0 Å². The summed E-state index contributed by atoms with van der Waals surface area (Å²) in [5.41, 5.74) is 1.65. The molecule has 0 aliphatic rings. The van der Waals surface area contributed by atoms with E-state index in [-0.39, 0.29) is 0 Å². The Bertz CT molecular complexity index is 1020. The van der Waals surface area contributed by atoms with E-state index >= 15 is 0 Å². The first-order chi connectivity index (χ1) is 13.0. The van der Waals surface area contributed by atoms with Gasteiger partial charge < -0.3 is 4.57 Å². The summed E-state index contributed by atoms with van der Waals surface area (Å²) in [6.45, 7) is 3.51. The Hall–Kier alpha value is -3.06. The third-order valence-electron chi connectivity index (χ3n) is 4.43. The predicted molar refractivity (Wildman–Crippen MR) is 108 cm³/mol. The second kappa shape index (κ2) is 7.67. The van der Waals surface area contributed by atoms with E-state index in [0.29, 0.717) is 33.0 Å². The fourth-order valence-electron chi connectivity index (χ4n) is 3.21. The molecule has 0 aliphatic carbocycles. The second-order valence-electron chi connectivity index (χ2n) is 6.24. The van der Waals surface area contributed by atoms with Gasteiger partial charge in [-0.25, -0.2) is 4.79 Å². The van der Waals surface area contributed by atoms with Crippen LogP contribution in [0, 0.1) is 13.8 Å². The van der Waals surface area contributed by atoms with E-state index in [1.165, 1.54) is 6.08 Å². The van der Waals surface area contributed by atoms with Gasteiger partial charge in [0.2, 0.25) is 18.7 Å². The molecule has 3 rings (SSSR count). The van der Waals surface area contributed by atoms with Gasteiger partial charge in [0.25, 0.3) is 0 Å². The molecule has 0 bridgehead atoms. The zero-order chi connectivity index (χ0) is 19.4. The highest BCUT2D eigenvalue weighted by Crippen LogP contribution is 2.48. The van der Waals surface area contributed by atoms with Gasteiger partial charge in [-0.1, -0.05) is 60.7 Å². The van der Waals surface area contributed by atoms with E-state index in [0.717, 1.165) is 0 Å². The number of benzene rings is 3. The van der Waals surface area contributed by atoms with Crippen molar-refractivity contribution in [2.45, 2.75) is 13.8 Å². The molecule has 0 fully saturated rings. The summed E-state index contributed by atoms with van der Waals surface area (Å²) in [6.07, 6.45) is 1.50. The van der Waals surface area contributed by atoms with E-state index in [1.807, 2.05) is 12.1 Å². The average Bonchev–Trinajstić information content (AvgIpc) is 2.68. The van der Waals surface area contributed by atoms with Crippen LogP contribution in [0.2, 0.25) is 0 Å². The fraction of sp³-hybridized carbons (Fsp3) is 0.0909. The summed E-state index contributed by atoms with van der Waals surface area (Å²) < 4.78 is 14.2. The van der Waals surface area contributed by atoms with Crippen molar-refractivity contribution in [3.8, 4) is 0 Å². The molecule has 0 amide bonds. The van der Waals surface area contributed by atoms with Gasteiger partial charge in [0.1, 0.15) is 0 Å². The Morgan fingerprint density at radius 3 is 1.70 bits per heavy atom. The number of carbonyl (C=O) groups excluding carboxylic acids is 2. The normalized spacial score (nSPS) is 10.9. The minimum atomic E-state index is -3.57. The van der Waals surface area contributed by atoms with Gasteiger partial charge in [0.05, 0.1) is 5.69 Å². The van der Waals surface area contributed by atoms with Crippen molar-refractivity contribution in [2.75, 3.05) is 0 Å². The number of hydrogen-bond donors (Lipinski definition) is 0. The largest absolute Gasteiger partial charge is 0.305 e. The van der Waals surface area contributed by atoms with Crippen molar-refractivity contribution in [3.05, 3.63) is 89.5 Å². The fourth-order valence-corrected chi connectivity index (χ4v) is 5.83. The molecular weight excluding hydrogens is 357 g/mol. The Balaban J connectivity index is 2.25. The van der Waals surface area contributed by atoms with Crippen LogP contribution in [0.1, 0.15) is 21.5 Å². The number of rotatable bonds is 5. The van der Waals surface area contributed by atoms with Gasteiger partial charge >= 0.3 is 0 Å². The van der Waals surface area contributed by atoms with Crippen LogP contribution in [-0.4, -0.2) is 11.6 Å². The van der Waals surface area contributed by atoms with E-state index < -0.39 is 12.7 Å².